The van der Waals surface area contributed by atoms with E-state index in [9.17, 15) is 4.79 Å². The molecule has 7 rings (SSSR count). The van der Waals surface area contributed by atoms with Crippen molar-refractivity contribution < 1.29 is 4.79 Å². The number of aromatic nitrogens is 4. The Hall–Kier alpha value is -2.71. The van der Waals surface area contributed by atoms with E-state index in [1.165, 1.54) is 61.4 Å². The van der Waals surface area contributed by atoms with Gasteiger partial charge in [-0.05, 0) is 80.0 Å². The molecule has 2 saturated heterocycles. The Morgan fingerprint density at radius 3 is 2.71 bits per heavy atom. The van der Waals surface area contributed by atoms with Gasteiger partial charge in [-0.2, -0.15) is 5.10 Å². The number of aryl methyl sites for hydroxylation is 2. The SMILES string of the molecule is Cc1c(-c2[nH]c3sc(C4CC5CCC4CN5CC(N)=O)c(C)c3c2C(C)C)cn2ncnc2c1C. The van der Waals surface area contributed by atoms with Crippen LogP contribution in [0.25, 0.3) is 27.1 Å². The molecule has 35 heavy (non-hydrogen) atoms. The number of nitrogens with zero attached hydrogens (tertiary/aromatic N) is 4. The van der Waals surface area contributed by atoms with Crippen LogP contribution in [0.1, 0.15) is 72.1 Å². The first-order valence-corrected chi connectivity index (χ1v) is 13.5. The lowest BCUT2D eigenvalue weighted by molar-refractivity contribution is -0.121. The zero-order valence-corrected chi connectivity index (χ0v) is 22.0. The van der Waals surface area contributed by atoms with Crippen LogP contribution in [0, 0.1) is 26.7 Å². The lowest BCUT2D eigenvalue weighted by Crippen LogP contribution is -2.53. The van der Waals surface area contributed by atoms with Crippen molar-refractivity contribution >= 4 is 33.1 Å². The van der Waals surface area contributed by atoms with Crippen molar-refractivity contribution in [3.05, 3.63) is 39.7 Å². The van der Waals surface area contributed by atoms with Gasteiger partial charge in [-0.3, -0.25) is 9.69 Å². The fourth-order valence-corrected chi connectivity index (χ4v) is 8.21. The molecule has 8 heteroatoms. The van der Waals surface area contributed by atoms with E-state index >= 15 is 0 Å². The third kappa shape index (κ3) is 3.44. The van der Waals surface area contributed by atoms with Crippen LogP contribution in [-0.4, -0.2) is 49.5 Å². The molecule has 7 nitrogen and oxygen atoms in total. The van der Waals surface area contributed by atoms with Crippen molar-refractivity contribution in [1.29, 1.82) is 0 Å². The van der Waals surface area contributed by atoms with Crippen LogP contribution in [-0.2, 0) is 4.79 Å². The zero-order chi connectivity index (χ0) is 24.6. The summed E-state index contributed by atoms with van der Waals surface area (Å²) in [5.74, 6) is 1.35. The van der Waals surface area contributed by atoms with E-state index in [0.29, 0.717) is 30.3 Å². The Kier molecular flexibility index (Phi) is 5.30. The highest BCUT2D eigenvalue weighted by molar-refractivity contribution is 7.19. The van der Waals surface area contributed by atoms with Gasteiger partial charge >= 0.3 is 0 Å². The van der Waals surface area contributed by atoms with Gasteiger partial charge in [0.15, 0.2) is 5.65 Å². The fraction of sp³-hybridized carbons (Fsp3) is 0.519. The first kappa shape index (κ1) is 22.7. The van der Waals surface area contributed by atoms with Gasteiger partial charge in [-0.15, -0.1) is 11.3 Å². The average Bonchev–Trinajstić information content (AvgIpc) is 3.51. The second-order valence-corrected chi connectivity index (χ2v) is 12.0. The molecule has 2 aliphatic heterocycles. The van der Waals surface area contributed by atoms with Gasteiger partial charge in [-0.25, -0.2) is 9.50 Å². The van der Waals surface area contributed by atoms with E-state index in [1.54, 1.807) is 6.33 Å². The van der Waals surface area contributed by atoms with Gasteiger partial charge in [0.1, 0.15) is 11.2 Å². The summed E-state index contributed by atoms with van der Waals surface area (Å²) in [5, 5.41) is 5.83. The second kappa shape index (κ2) is 8.17. The molecule has 1 aliphatic carbocycles. The lowest BCUT2D eigenvalue weighted by atomic mass is 9.70. The van der Waals surface area contributed by atoms with E-state index in [1.807, 2.05) is 15.9 Å². The van der Waals surface area contributed by atoms with Crippen molar-refractivity contribution in [3.8, 4) is 11.3 Å². The molecule has 184 valence electrons. The molecule has 4 aromatic rings. The van der Waals surface area contributed by atoms with Gasteiger partial charge < -0.3 is 10.7 Å². The quantitative estimate of drug-likeness (QED) is 0.410. The number of amides is 1. The second-order valence-electron chi connectivity index (χ2n) is 10.9. The van der Waals surface area contributed by atoms with E-state index in [-0.39, 0.29) is 5.91 Å². The van der Waals surface area contributed by atoms with Crippen molar-refractivity contribution in [1.82, 2.24) is 24.5 Å². The molecule has 3 aliphatic rings. The highest BCUT2D eigenvalue weighted by Gasteiger charge is 2.42. The smallest absolute Gasteiger partial charge is 0.231 e. The number of carbonyl (C=O) groups is 1. The number of pyridine rings is 1. The van der Waals surface area contributed by atoms with E-state index in [0.717, 1.165) is 18.6 Å². The molecule has 1 amide bonds. The van der Waals surface area contributed by atoms with Crippen LogP contribution in [0.2, 0.25) is 0 Å². The molecule has 3 unspecified atom stereocenters. The number of aromatic amines is 1. The Labute approximate surface area is 209 Å². The number of carbonyl (C=O) groups excluding carboxylic acids is 1. The van der Waals surface area contributed by atoms with Crippen LogP contribution in [0.5, 0.6) is 0 Å². The number of H-pyrrole nitrogens is 1. The molecular weight excluding hydrogens is 456 g/mol. The number of nitrogens with one attached hydrogen (secondary N) is 1. The van der Waals surface area contributed by atoms with Crippen molar-refractivity contribution in [2.45, 2.75) is 71.8 Å². The van der Waals surface area contributed by atoms with Crippen LogP contribution in [0.15, 0.2) is 12.5 Å². The van der Waals surface area contributed by atoms with Gasteiger partial charge in [0.2, 0.25) is 5.91 Å². The number of nitrogens with two attached hydrogens (primary N) is 1. The minimum Gasteiger partial charge on any atom is -0.369 e. The summed E-state index contributed by atoms with van der Waals surface area (Å²) in [6.07, 6.45) is 7.31. The third-order valence-corrected chi connectivity index (χ3v) is 9.92. The van der Waals surface area contributed by atoms with Gasteiger partial charge in [0.05, 0.1) is 12.2 Å². The van der Waals surface area contributed by atoms with Crippen molar-refractivity contribution in [2.24, 2.45) is 11.7 Å². The van der Waals surface area contributed by atoms with E-state index < -0.39 is 0 Å². The normalized spacial score (nSPS) is 22.7. The largest absolute Gasteiger partial charge is 0.369 e. The molecule has 3 fully saturated rings. The topological polar surface area (TPSA) is 92.3 Å². The minimum absolute atomic E-state index is 0.210. The summed E-state index contributed by atoms with van der Waals surface area (Å²) in [6, 6.07) is 0.470. The molecule has 0 radical (unpaired) electrons. The van der Waals surface area contributed by atoms with Gasteiger partial charge in [0.25, 0.3) is 0 Å². The molecule has 3 N–H and O–H groups in total. The first-order chi connectivity index (χ1) is 16.7. The van der Waals surface area contributed by atoms with E-state index in [4.69, 9.17) is 5.73 Å². The molecular formula is C27H34N6OS. The van der Waals surface area contributed by atoms with Crippen LogP contribution >= 0.6 is 11.3 Å². The maximum atomic E-state index is 11.6. The summed E-state index contributed by atoms with van der Waals surface area (Å²) in [7, 11) is 0. The number of hydrogen-bond donors (Lipinski definition) is 2. The Morgan fingerprint density at radius 1 is 1.23 bits per heavy atom. The summed E-state index contributed by atoms with van der Waals surface area (Å²) in [4.78, 5) is 25.0. The average molecular weight is 491 g/mol. The fourth-order valence-electron chi connectivity index (χ4n) is 6.77. The number of thiophene rings is 1. The lowest BCUT2D eigenvalue weighted by Gasteiger charge is -2.49. The molecule has 3 atom stereocenters. The highest BCUT2D eigenvalue weighted by atomic mass is 32.1. The number of fused-ring (bicyclic) bond motifs is 5. The van der Waals surface area contributed by atoms with Crippen LogP contribution < -0.4 is 5.73 Å². The zero-order valence-electron chi connectivity index (χ0n) is 21.2. The predicted molar refractivity (Wildman–Crippen MR) is 141 cm³/mol. The Bertz CT molecular complexity index is 1460. The molecule has 6 heterocycles. The van der Waals surface area contributed by atoms with Crippen LogP contribution in [0.4, 0.5) is 0 Å². The van der Waals surface area contributed by atoms with Gasteiger partial charge in [-0.1, -0.05) is 13.8 Å². The molecule has 0 aromatic carbocycles. The maximum Gasteiger partial charge on any atom is 0.231 e. The number of primary amides is 1. The number of hydrogen-bond acceptors (Lipinski definition) is 5. The molecule has 1 saturated carbocycles. The third-order valence-electron chi connectivity index (χ3n) is 8.58. The first-order valence-electron chi connectivity index (χ1n) is 12.7. The van der Waals surface area contributed by atoms with E-state index in [2.05, 4.69) is 60.8 Å². The molecule has 0 spiro atoms. The monoisotopic (exact) mass is 490 g/mol. The summed E-state index contributed by atoms with van der Waals surface area (Å²) in [5.41, 5.74) is 14.1. The molecule has 2 bridgehead atoms. The predicted octanol–water partition coefficient (Wildman–Crippen LogP) is 5.04. The summed E-state index contributed by atoms with van der Waals surface area (Å²) in [6.45, 7) is 12.6. The molecule has 4 aromatic heterocycles. The van der Waals surface area contributed by atoms with Crippen LogP contribution in [0.3, 0.4) is 0 Å². The number of piperidine rings is 2. The highest BCUT2D eigenvalue weighted by Crippen LogP contribution is 2.51. The summed E-state index contributed by atoms with van der Waals surface area (Å²) >= 11 is 1.95. The van der Waals surface area contributed by atoms with Gasteiger partial charge in [0, 0.05) is 34.6 Å². The van der Waals surface area contributed by atoms with Crippen molar-refractivity contribution in [3.63, 3.8) is 0 Å². The van der Waals surface area contributed by atoms with Crippen molar-refractivity contribution in [2.75, 3.05) is 13.1 Å². The Balaban J connectivity index is 1.44. The summed E-state index contributed by atoms with van der Waals surface area (Å²) < 4.78 is 1.89. The minimum atomic E-state index is -0.210. The Morgan fingerprint density at radius 2 is 2.03 bits per heavy atom. The standard InChI is InChI=1S/C27H34N6OS/c1-13(2)22-23-16(5)25(19-8-18-7-6-17(19)9-32(18)11-21(28)34)35-27(23)31-24(22)20-10-33-26(29-12-30-33)15(4)14(20)3/h10,12-13,17-19,31H,6-9,11H2,1-5H3,(H2,28,34). The maximum absolute atomic E-state index is 11.6. The number of rotatable bonds is 5.